The van der Waals surface area contributed by atoms with Gasteiger partial charge in [-0.2, -0.15) is 0 Å². The maximum atomic E-state index is 11.9. The van der Waals surface area contributed by atoms with Gasteiger partial charge in [0.1, 0.15) is 5.75 Å². The lowest BCUT2D eigenvalue weighted by Gasteiger charge is -2.20. The molecule has 0 saturated carbocycles. The highest BCUT2D eigenvalue weighted by molar-refractivity contribution is 9.10. The Hall–Kier alpha value is -2.87. The fraction of sp³-hybridized carbons (Fsp3) is 0.375. The first-order chi connectivity index (χ1) is 15.1. The second kappa shape index (κ2) is 12.2. The highest BCUT2D eigenvalue weighted by atomic mass is 79.9. The minimum atomic E-state index is -0.518. The molecule has 0 saturated heterocycles. The first-order valence-electron chi connectivity index (χ1n) is 10.3. The van der Waals surface area contributed by atoms with Gasteiger partial charge in [-0.3, -0.25) is 25.2 Å². The van der Waals surface area contributed by atoms with Crippen LogP contribution < -0.4 is 15.6 Å². The zero-order chi connectivity index (χ0) is 23.6. The molecule has 2 aromatic rings. The Kier molecular flexibility index (Phi) is 9.71. The van der Waals surface area contributed by atoms with Crippen LogP contribution in [-0.2, 0) is 31.0 Å². The predicted molar refractivity (Wildman–Crippen MR) is 125 cm³/mol. The largest absolute Gasteiger partial charge is 0.483 e. The molecule has 0 heterocycles. The summed E-state index contributed by atoms with van der Waals surface area (Å²) in [5, 5.41) is 0. The van der Waals surface area contributed by atoms with Crippen LogP contribution in [-0.4, -0.2) is 31.0 Å². The first kappa shape index (κ1) is 25.4. The number of benzene rings is 2. The summed E-state index contributed by atoms with van der Waals surface area (Å²) in [6.07, 6.45) is 0.453. The van der Waals surface area contributed by atoms with E-state index in [0.29, 0.717) is 12.2 Å². The van der Waals surface area contributed by atoms with Crippen molar-refractivity contribution in [2.45, 2.75) is 45.4 Å². The molecule has 7 nitrogen and oxygen atoms in total. The van der Waals surface area contributed by atoms with Gasteiger partial charge in [-0.05, 0) is 44.6 Å². The highest BCUT2D eigenvalue weighted by Gasteiger charge is 2.16. The third-order valence-electron chi connectivity index (χ3n) is 4.55. The normalized spacial score (nSPS) is 10.9. The summed E-state index contributed by atoms with van der Waals surface area (Å²) in [7, 11) is 0. The maximum Gasteiger partial charge on any atom is 0.306 e. The molecule has 8 heteroatoms. The minimum absolute atomic E-state index is 0.00295. The van der Waals surface area contributed by atoms with Crippen LogP contribution in [0.1, 0.15) is 44.7 Å². The summed E-state index contributed by atoms with van der Waals surface area (Å²) in [4.78, 5) is 35.5. The van der Waals surface area contributed by atoms with E-state index in [1.807, 2.05) is 42.5 Å². The van der Waals surface area contributed by atoms with Crippen LogP contribution in [0.5, 0.6) is 5.75 Å². The van der Waals surface area contributed by atoms with Crippen molar-refractivity contribution >= 4 is 33.7 Å². The van der Waals surface area contributed by atoms with E-state index >= 15 is 0 Å². The summed E-state index contributed by atoms with van der Waals surface area (Å²) in [5.41, 5.74) is 6.73. The van der Waals surface area contributed by atoms with Crippen molar-refractivity contribution in [1.29, 1.82) is 0 Å². The number of carbonyl (C=O) groups is 3. The summed E-state index contributed by atoms with van der Waals surface area (Å²) < 4.78 is 11.4. The molecule has 0 aromatic heterocycles. The summed E-state index contributed by atoms with van der Waals surface area (Å²) in [6, 6.07) is 15.3. The average molecular weight is 505 g/mol. The molecule has 0 aliphatic heterocycles. The van der Waals surface area contributed by atoms with Gasteiger partial charge in [0.15, 0.2) is 6.61 Å². The number of hydrazine groups is 1. The molecule has 0 aliphatic rings. The summed E-state index contributed by atoms with van der Waals surface area (Å²) in [6.45, 7) is 6.31. The molecule has 0 atom stereocenters. The van der Waals surface area contributed by atoms with Crippen LogP contribution in [0.3, 0.4) is 0 Å². The molecule has 0 aliphatic carbocycles. The van der Waals surface area contributed by atoms with Crippen molar-refractivity contribution in [2.24, 2.45) is 0 Å². The van der Waals surface area contributed by atoms with Crippen LogP contribution in [0.4, 0.5) is 0 Å². The second-order valence-electron chi connectivity index (χ2n) is 8.24. The minimum Gasteiger partial charge on any atom is -0.483 e. The predicted octanol–water partition coefficient (Wildman–Crippen LogP) is 3.84. The summed E-state index contributed by atoms with van der Waals surface area (Å²) in [5.74, 6) is -0.948. The number of halogens is 1. The zero-order valence-electron chi connectivity index (χ0n) is 18.6. The van der Waals surface area contributed by atoms with Gasteiger partial charge in [0.05, 0.1) is 17.5 Å². The van der Waals surface area contributed by atoms with Crippen LogP contribution in [0.15, 0.2) is 53.0 Å². The lowest BCUT2D eigenvalue weighted by atomic mass is 9.87. The van der Waals surface area contributed by atoms with E-state index in [1.54, 1.807) is 6.07 Å². The number of amides is 2. The van der Waals surface area contributed by atoms with E-state index in [1.165, 1.54) is 0 Å². The lowest BCUT2D eigenvalue weighted by Crippen LogP contribution is -2.43. The van der Waals surface area contributed by atoms with Crippen molar-refractivity contribution in [1.82, 2.24) is 10.9 Å². The van der Waals surface area contributed by atoms with Gasteiger partial charge < -0.3 is 9.47 Å². The Bertz CT molecular complexity index is 926. The van der Waals surface area contributed by atoms with Gasteiger partial charge in [0, 0.05) is 12.8 Å². The van der Waals surface area contributed by atoms with Gasteiger partial charge in [0.25, 0.3) is 5.91 Å². The molecule has 2 aromatic carbocycles. The fourth-order valence-corrected chi connectivity index (χ4v) is 3.17. The first-order valence-corrected chi connectivity index (χ1v) is 11.1. The van der Waals surface area contributed by atoms with Gasteiger partial charge in [-0.1, -0.05) is 57.2 Å². The van der Waals surface area contributed by atoms with E-state index in [-0.39, 0.29) is 31.5 Å². The van der Waals surface area contributed by atoms with Gasteiger partial charge >= 0.3 is 5.97 Å². The quantitative estimate of drug-likeness (QED) is 0.399. The third-order valence-corrected chi connectivity index (χ3v) is 5.17. The number of rotatable bonds is 9. The summed E-state index contributed by atoms with van der Waals surface area (Å²) >= 11 is 3.45. The number of hydrogen-bond donors (Lipinski definition) is 2. The molecule has 0 fully saturated rings. The lowest BCUT2D eigenvalue weighted by molar-refractivity contribution is -0.145. The molecule has 0 bridgehead atoms. The molecule has 0 unspecified atom stereocenters. The van der Waals surface area contributed by atoms with Gasteiger partial charge in [-0.25, -0.2) is 0 Å². The van der Waals surface area contributed by atoms with E-state index in [2.05, 4.69) is 47.6 Å². The number of ether oxygens (including phenoxy) is 2. The molecule has 172 valence electrons. The zero-order valence-corrected chi connectivity index (χ0v) is 20.2. The standard InChI is InChI=1S/C24H29BrN2O5/c1-24(2,3)18-9-10-20(19(25)15-18)32-16-22(29)27-26-21(28)11-12-23(30)31-14-13-17-7-5-4-6-8-17/h4-10,15H,11-14,16H2,1-3H3,(H,26,28)(H,27,29). The fourth-order valence-electron chi connectivity index (χ4n) is 2.68. The Balaban J connectivity index is 1.62. The molecular weight excluding hydrogens is 476 g/mol. The van der Waals surface area contributed by atoms with Crippen LogP contribution in [0, 0.1) is 0 Å². The molecule has 0 spiro atoms. The van der Waals surface area contributed by atoms with Crippen LogP contribution in [0.25, 0.3) is 0 Å². The molecule has 0 radical (unpaired) electrons. The number of nitrogens with one attached hydrogen (secondary N) is 2. The van der Waals surface area contributed by atoms with Crippen LogP contribution in [0.2, 0.25) is 0 Å². The van der Waals surface area contributed by atoms with E-state index in [0.717, 1.165) is 15.6 Å². The van der Waals surface area contributed by atoms with Gasteiger partial charge in [0.2, 0.25) is 5.91 Å². The Labute approximate surface area is 197 Å². The van der Waals surface area contributed by atoms with Crippen molar-refractivity contribution in [2.75, 3.05) is 13.2 Å². The Morgan fingerprint density at radius 3 is 2.28 bits per heavy atom. The van der Waals surface area contributed by atoms with E-state index < -0.39 is 17.8 Å². The second-order valence-corrected chi connectivity index (χ2v) is 9.09. The Morgan fingerprint density at radius 2 is 1.62 bits per heavy atom. The topological polar surface area (TPSA) is 93.7 Å². The average Bonchev–Trinajstić information content (AvgIpc) is 2.75. The van der Waals surface area contributed by atoms with Crippen molar-refractivity contribution < 1.29 is 23.9 Å². The van der Waals surface area contributed by atoms with Crippen molar-refractivity contribution in [3.05, 3.63) is 64.1 Å². The van der Waals surface area contributed by atoms with Crippen molar-refractivity contribution in [3.8, 4) is 5.75 Å². The van der Waals surface area contributed by atoms with Crippen molar-refractivity contribution in [3.63, 3.8) is 0 Å². The monoisotopic (exact) mass is 504 g/mol. The number of hydrogen-bond acceptors (Lipinski definition) is 5. The molecule has 2 N–H and O–H groups in total. The molecule has 2 rings (SSSR count). The smallest absolute Gasteiger partial charge is 0.306 e. The molecular formula is C24H29BrN2O5. The third kappa shape index (κ3) is 9.09. The van der Waals surface area contributed by atoms with E-state index in [4.69, 9.17) is 9.47 Å². The van der Waals surface area contributed by atoms with Gasteiger partial charge in [-0.15, -0.1) is 0 Å². The van der Waals surface area contributed by atoms with E-state index in [9.17, 15) is 14.4 Å². The van der Waals surface area contributed by atoms with Crippen LogP contribution >= 0.6 is 15.9 Å². The SMILES string of the molecule is CC(C)(C)c1ccc(OCC(=O)NNC(=O)CCC(=O)OCCc2ccccc2)c(Br)c1. The number of esters is 1. The Morgan fingerprint density at radius 1 is 0.938 bits per heavy atom. The number of carbonyl (C=O) groups excluding carboxylic acids is 3. The molecule has 32 heavy (non-hydrogen) atoms. The highest BCUT2D eigenvalue weighted by Crippen LogP contribution is 2.31. The maximum absolute atomic E-state index is 11.9. The molecule has 2 amide bonds.